The number of rotatable bonds is 10. The number of amides is 1. The first-order valence-electron chi connectivity index (χ1n) is 10.1. The molecule has 0 bridgehead atoms. The summed E-state index contributed by atoms with van der Waals surface area (Å²) in [7, 11) is 1.60. The molecule has 3 aromatic carbocycles. The lowest BCUT2D eigenvalue weighted by molar-refractivity contribution is -0.124. The number of carbonyl (C=O) groups is 2. The molecule has 6 nitrogen and oxygen atoms in total. The Kier molecular flexibility index (Phi) is 8.20. The van der Waals surface area contributed by atoms with Gasteiger partial charge in [-0.25, -0.2) is 9.18 Å². The van der Waals surface area contributed by atoms with Crippen LogP contribution in [0.3, 0.4) is 0 Å². The minimum atomic E-state index is -0.662. The fraction of sp³-hybridized carbons (Fsp3) is 0.200. The largest absolute Gasteiger partial charge is 0.497 e. The molecule has 0 heterocycles. The van der Waals surface area contributed by atoms with Gasteiger partial charge in [-0.3, -0.25) is 4.79 Å². The smallest absolute Gasteiger partial charge is 0.342 e. The van der Waals surface area contributed by atoms with Gasteiger partial charge in [0.2, 0.25) is 0 Å². The van der Waals surface area contributed by atoms with Crippen LogP contribution in [0.2, 0.25) is 0 Å². The second-order valence-electron chi connectivity index (χ2n) is 6.94. The van der Waals surface area contributed by atoms with Crippen molar-refractivity contribution in [3.8, 4) is 11.5 Å². The third-order valence-corrected chi connectivity index (χ3v) is 4.64. The van der Waals surface area contributed by atoms with Crippen molar-refractivity contribution in [3.05, 3.63) is 95.3 Å². The molecule has 3 rings (SSSR count). The minimum Gasteiger partial charge on any atom is -0.497 e. The molecule has 0 radical (unpaired) electrons. The third-order valence-electron chi connectivity index (χ3n) is 4.64. The Labute approximate surface area is 185 Å². The van der Waals surface area contributed by atoms with Gasteiger partial charge in [-0.2, -0.15) is 0 Å². The van der Waals surface area contributed by atoms with Crippen molar-refractivity contribution in [3.63, 3.8) is 0 Å². The molecule has 3 aromatic rings. The van der Waals surface area contributed by atoms with E-state index in [1.165, 1.54) is 12.1 Å². The molecule has 0 atom stereocenters. The fourth-order valence-corrected chi connectivity index (χ4v) is 2.90. The van der Waals surface area contributed by atoms with E-state index in [1.54, 1.807) is 43.5 Å². The van der Waals surface area contributed by atoms with Crippen LogP contribution in [-0.2, 0) is 22.6 Å². The topological polar surface area (TPSA) is 73.9 Å². The number of carbonyl (C=O) groups excluding carboxylic acids is 2. The lowest BCUT2D eigenvalue weighted by atomic mass is 10.1. The van der Waals surface area contributed by atoms with E-state index < -0.39 is 18.5 Å². The molecular weight excluding hydrogens is 413 g/mol. The Hall–Kier alpha value is -3.87. The summed E-state index contributed by atoms with van der Waals surface area (Å²) in [5.74, 6) is -0.296. The predicted molar refractivity (Wildman–Crippen MR) is 117 cm³/mol. The van der Waals surface area contributed by atoms with E-state index in [1.807, 2.05) is 24.3 Å². The highest BCUT2D eigenvalue weighted by atomic mass is 19.1. The van der Waals surface area contributed by atoms with E-state index in [4.69, 9.17) is 14.2 Å². The van der Waals surface area contributed by atoms with Crippen molar-refractivity contribution < 1.29 is 28.2 Å². The second kappa shape index (κ2) is 11.5. The van der Waals surface area contributed by atoms with E-state index in [9.17, 15) is 14.0 Å². The monoisotopic (exact) mass is 437 g/mol. The molecule has 1 N–H and O–H groups in total. The van der Waals surface area contributed by atoms with Crippen LogP contribution in [0.5, 0.6) is 11.5 Å². The van der Waals surface area contributed by atoms with Crippen LogP contribution in [0, 0.1) is 5.82 Å². The number of esters is 1. The van der Waals surface area contributed by atoms with Gasteiger partial charge in [0, 0.05) is 6.54 Å². The Bertz CT molecular complexity index is 1030. The molecule has 32 heavy (non-hydrogen) atoms. The van der Waals surface area contributed by atoms with E-state index in [-0.39, 0.29) is 18.0 Å². The normalized spacial score (nSPS) is 10.3. The number of nitrogens with one attached hydrogen (secondary N) is 1. The van der Waals surface area contributed by atoms with Gasteiger partial charge in [-0.1, -0.05) is 36.4 Å². The van der Waals surface area contributed by atoms with Gasteiger partial charge in [0.1, 0.15) is 29.5 Å². The lowest BCUT2D eigenvalue weighted by Gasteiger charge is -2.11. The summed E-state index contributed by atoms with van der Waals surface area (Å²) in [5.41, 5.74) is 2.02. The first-order valence-corrected chi connectivity index (χ1v) is 10.1. The van der Waals surface area contributed by atoms with Crippen LogP contribution < -0.4 is 14.8 Å². The lowest BCUT2D eigenvalue weighted by Crippen LogP contribution is -2.30. The SMILES string of the molecule is COc1ccc(CCNC(=O)COC(=O)c2ccccc2OCc2ccc(F)cc2)cc1. The number of hydrogen-bond acceptors (Lipinski definition) is 5. The van der Waals surface area contributed by atoms with Crippen molar-refractivity contribution in [1.29, 1.82) is 0 Å². The maximum absolute atomic E-state index is 13.0. The van der Waals surface area contributed by atoms with Crippen molar-refractivity contribution in [2.75, 3.05) is 20.3 Å². The molecule has 0 aliphatic carbocycles. The molecule has 0 unspecified atom stereocenters. The van der Waals surface area contributed by atoms with E-state index in [0.29, 0.717) is 18.7 Å². The second-order valence-corrected chi connectivity index (χ2v) is 6.94. The highest BCUT2D eigenvalue weighted by molar-refractivity contribution is 5.94. The van der Waals surface area contributed by atoms with Crippen molar-refractivity contribution >= 4 is 11.9 Å². The molecule has 7 heteroatoms. The number of halogens is 1. The Balaban J connectivity index is 1.45. The summed E-state index contributed by atoms with van der Waals surface area (Å²) in [4.78, 5) is 24.5. The predicted octanol–water partition coefficient (Wildman–Crippen LogP) is 3.93. The van der Waals surface area contributed by atoms with Crippen molar-refractivity contribution in [2.24, 2.45) is 0 Å². The summed E-state index contributed by atoms with van der Waals surface area (Å²) in [6.45, 7) is 0.185. The van der Waals surface area contributed by atoms with Gasteiger partial charge in [-0.05, 0) is 53.9 Å². The van der Waals surface area contributed by atoms with Crippen molar-refractivity contribution in [2.45, 2.75) is 13.0 Å². The van der Waals surface area contributed by atoms with Crippen LogP contribution in [-0.4, -0.2) is 32.1 Å². The Morgan fingerprint density at radius 1 is 0.906 bits per heavy atom. The number of hydrogen-bond donors (Lipinski definition) is 1. The molecule has 0 aliphatic rings. The number of methoxy groups -OCH3 is 1. The summed E-state index contributed by atoms with van der Waals surface area (Å²) < 4.78 is 29.0. The van der Waals surface area contributed by atoms with Gasteiger partial charge in [-0.15, -0.1) is 0 Å². The molecule has 0 fully saturated rings. The molecule has 0 spiro atoms. The van der Waals surface area contributed by atoms with Gasteiger partial charge in [0.05, 0.1) is 7.11 Å². The van der Waals surface area contributed by atoms with Crippen LogP contribution >= 0.6 is 0 Å². The molecule has 0 aliphatic heterocycles. The maximum Gasteiger partial charge on any atom is 0.342 e. The quantitative estimate of drug-likeness (QED) is 0.487. The van der Waals surface area contributed by atoms with Gasteiger partial charge < -0.3 is 19.5 Å². The van der Waals surface area contributed by atoms with Crippen LogP contribution in [0.25, 0.3) is 0 Å². The average molecular weight is 437 g/mol. The average Bonchev–Trinajstić information content (AvgIpc) is 2.83. The highest BCUT2D eigenvalue weighted by Crippen LogP contribution is 2.20. The highest BCUT2D eigenvalue weighted by Gasteiger charge is 2.15. The minimum absolute atomic E-state index is 0.163. The number of ether oxygens (including phenoxy) is 3. The van der Waals surface area contributed by atoms with Crippen LogP contribution in [0.1, 0.15) is 21.5 Å². The Morgan fingerprint density at radius 3 is 2.31 bits per heavy atom. The van der Waals surface area contributed by atoms with E-state index in [0.717, 1.165) is 16.9 Å². The zero-order valence-corrected chi connectivity index (χ0v) is 17.7. The molecule has 0 saturated heterocycles. The summed E-state index contributed by atoms with van der Waals surface area (Å²) in [6, 6.07) is 20.0. The first-order chi connectivity index (χ1) is 15.5. The number of benzene rings is 3. The van der Waals surface area contributed by atoms with Gasteiger partial charge >= 0.3 is 5.97 Å². The number of para-hydroxylation sites is 1. The Morgan fingerprint density at radius 2 is 1.59 bits per heavy atom. The molecule has 166 valence electrons. The summed E-state index contributed by atoms with van der Waals surface area (Å²) in [5, 5.41) is 2.72. The third kappa shape index (κ3) is 6.84. The summed E-state index contributed by atoms with van der Waals surface area (Å²) >= 11 is 0. The zero-order valence-electron chi connectivity index (χ0n) is 17.7. The van der Waals surface area contributed by atoms with E-state index in [2.05, 4.69) is 5.32 Å². The maximum atomic E-state index is 13.0. The van der Waals surface area contributed by atoms with Crippen molar-refractivity contribution in [1.82, 2.24) is 5.32 Å². The van der Waals surface area contributed by atoms with E-state index >= 15 is 0 Å². The van der Waals surface area contributed by atoms with Gasteiger partial charge in [0.25, 0.3) is 5.91 Å². The first kappa shape index (κ1) is 22.8. The standard InChI is InChI=1S/C25H24FNO5/c1-30-21-12-8-18(9-13-21)14-15-27-24(28)17-32-25(29)22-4-2-3-5-23(22)31-16-19-6-10-20(26)11-7-19/h2-13H,14-17H2,1H3,(H,27,28). The molecule has 1 amide bonds. The van der Waals surface area contributed by atoms with Gasteiger partial charge in [0.15, 0.2) is 6.61 Å². The zero-order chi connectivity index (χ0) is 22.8. The molecule has 0 aromatic heterocycles. The van der Waals surface area contributed by atoms with Crippen LogP contribution in [0.15, 0.2) is 72.8 Å². The summed E-state index contributed by atoms with van der Waals surface area (Å²) in [6.07, 6.45) is 0.643. The van der Waals surface area contributed by atoms with Crippen LogP contribution in [0.4, 0.5) is 4.39 Å². The molecule has 0 saturated carbocycles. The fourth-order valence-electron chi connectivity index (χ4n) is 2.90. The molecular formula is C25H24FNO5.